The van der Waals surface area contributed by atoms with Crippen LogP contribution in [0.15, 0.2) is 48.8 Å². The summed E-state index contributed by atoms with van der Waals surface area (Å²) >= 11 is 5.98. The van der Waals surface area contributed by atoms with Crippen molar-refractivity contribution in [3.63, 3.8) is 0 Å². The molecule has 0 unspecified atom stereocenters. The van der Waals surface area contributed by atoms with E-state index in [1.807, 2.05) is 24.3 Å². The number of halogens is 1. The Labute approximate surface area is 188 Å². The number of anilines is 1. The highest BCUT2D eigenvalue weighted by atomic mass is 35.5. The standard InChI is InChI=1S/C24H29ClN4O2/c25-19-7-5-18(6-8-19)24(11-12-24)23(31)28-15-21(26)16-1-3-17(4-2-16)22(30)29-20-9-13-27-14-10-20/h5-10,13-14,16-17,21H,1-4,11-12,15,26H2,(H,28,31)(H,27,29,30)/t16?,17?,21-/m1/s1. The first-order valence-electron chi connectivity index (χ1n) is 11.0. The topological polar surface area (TPSA) is 97.1 Å². The van der Waals surface area contributed by atoms with E-state index >= 15 is 0 Å². The molecule has 2 amide bonds. The Kier molecular flexibility index (Phi) is 6.58. The average Bonchev–Trinajstić information content (AvgIpc) is 3.60. The number of amides is 2. The fourth-order valence-electron chi connectivity index (χ4n) is 4.58. The summed E-state index contributed by atoms with van der Waals surface area (Å²) in [6.07, 6.45) is 8.47. The molecule has 1 aromatic carbocycles. The van der Waals surface area contributed by atoms with Crippen LogP contribution in [0.4, 0.5) is 5.69 Å². The van der Waals surface area contributed by atoms with Crippen LogP contribution in [0.2, 0.25) is 5.02 Å². The van der Waals surface area contributed by atoms with Crippen molar-refractivity contribution < 1.29 is 9.59 Å². The number of carbonyl (C=O) groups is 2. The molecular weight excluding hydrogens is 412 g/mol. The zero-order valence-corrected chi connectivity index (χ0v) is 18.3. The zero-order chi connectivity index (χ0) is 21.8. The predicted molar refractivity (Wildman–Crippen MR) is 122 cm³/mol. The summed E-state index contributed by atoms with van der Waals surface area (Å²) in [5, 5.41) is 6.72. The number of carbonyl (C=O) groups excluding carboxylic acids is 2. The number of benzene rings is 1. The molecule has 2 aromatic rings. The molecule has 0 spiro atoms. The minimum Gasteiger partial charge on any atom is -0.354 e. The van der Waals surface area contributed by atoms with Crippen molar-refractivity contribution >= 4 is 29.1 Å². The molecule has 0 radical (unpaired) electrons. The van der Waals surface area contributed by atoms with E-state index in [0.29, 0.717) is 17.5 Å². The fourth-order valence-corrected chi connectivity index (χ4v) is 4.70. The van der Waals surface area contributed by atoms with Gasteiger partial charge in [-0.15, -0.1) is 0 Å². The number of aromatic nitrogens is 1. The number of nitrogens with two attached hydrogens (primary N) is 1. The molecule has 4 rings (SSSR count). The fraction of sp³-hybridized carbons (Fsp3) is 0.458. The Balaban J connectivity index is 1.23. The number of pyridine rings is 1. The van der Waals surface area contributed by atoms with E-state index in [-0.39, 0.29) is 23.8 Å². The third kappa shape index (κ3) is 5.08. The van der Waals surface area contributed by atoms with Gasteiger partial charge in [0.1, 0.15) is 0 Å². The van der Waals surface area contributed by atoms with Gasteiger partial charge in [0.2, 0.25) is 11.8 Å². The Morgan fingerprint density at radius 2 is 1.71 bits per heavy atom. The second-order valence-corrected chi connectivity index (χ2v) is 9.24. The summed E-state index contributed by atoms with van der Waals surface area (Å²) in [5.41, 5.74) is 7.79. The molecule has 2 aliphatic carbocycles. The lowest BCUT2D eigenvalue weighted by atomic mass is 9.78. The second kappa shape index (κ2) is 9.37. The molecule has 2 aliphatic rings. The smallest absolute Gasteiger partial charge is 0.230 e. The van der Waals surface area contributed by atoms with Gasteiger partial charge in [-0.1, -0.05) is 23.7 Å². The Bertz CT molecular complexity index is 907. The van der Waals surface area contributed by atoms with E-state index < -0.39 is 5.41 Å². The van der Waals surface area contributed by atoms with Crippen LogP contribution in [0, 0.1) is 11.8 Å². The van der Waals surface area contributed by atoms with Gasteiger partial charge in [-0.25, -0.2) is 0 Å². The van der Waals surface area contributed by atoms with Crippen LogP contribution in [-0.4, -0.2) is 29.4 Å². The third-order valence-electron chi connectivity index (χ3n) is 6.78. The Morgan fingerprint density at radius 3 is 2.32 bits per heavy atom. The lowest BCUT2D eigenvalue weighted by Crippen LogP contribution is -2.46. The second-order valence-electron chi connectivity index (χ2n) is 8.80. The van der Waals surface area contributed by atoms with E-state index in [0.717, 1.165) is 49.8 Å². The molecule has 6 nitrogen and oxygen atoms in total. The minimum absolute atomic E-state index is 0.00541. The lowest BCUT2D eigenvalue weighted by molar-refractivity contribution is -0.123. The van der Waals surface area contributed by atoms with Crippen LogP contribution in [0.5, 0.6) is 0 Å². The zero-order valence-electron chi connectivity index (χ0n) is 17.5. The molecule has 0 bridgehead atoms. The molecule has 1 heterocycles. The number of nitrogens with zero attached hydrogens (tertiary/aromatic N) is 1. The first kappa shape index (κ1) is 21.8. The summed E-state index contributed by atoms with van der Waals surface area (Å²) in [4.78, 5) is 29.3. The number of hydrogen-bond donors (Lipinski definition) is 3. The van der Waals surface area contributed by atoms with E-state index in [2.05, 4.69) is 15.6 Å². The Hall–Kier alpha value is -2.44. The minimum atomic E-state index is -0.424. The van der Waals surface area contributed by atoms with Crippen LogP contribution >= 0.6 is 11.6 Å². The van der Waals surface area contributed by atoms with Crippen LogP contribution in [-0.2, 0) is 15.0 Å². The lowest BCUT2D eigenvalue weighted by Gasteiger charge is -2.32. The molecule has 2 fully saturated rings. The highest BCUT2D eigenvalue weighted by molar-refractivity contribution is 6.30. The highest BCUT2D eigenvalue weighted by Crippen LogP contribution is 2.48. The molecule has 0 saturated heterocycles. The van der Waals surface area contributed by atoms with Crippen LogP contribution in [0.3, 0.4) is 0 Å². The van der Waals surface area contributed by atoms with E-state index in [9.17, 15) is 9.59 Å². The maximum Gasteiger partial charge on any atom is 0.230 e. The van der Waals surface area contributed by atoms with Crippen molar-refractivity contribution in [1.29, 1.82) is 0 Å². The van der Waals surface area contributed by atoms with Crippen molar-refractivity contribution in [3.05, 3.63) is 59.4 Å². The van der Waals surface area contributed by atoms with Gasteiger partial charge >= 0.3 is 0 Å². The van der Waals surface area contributed by atoms with Gasteiger partial charge in [-0.2, -0.15) is 0 Å². The monoisotopic (exact) mass is 440 g/mol. The molecular formula is C24H29ClN4O2. The summed E-state index contributed by atoms with van der Waals surface area (Å²) in [6.45, 7) is 0.465. The van der Waals surface area contributed by atoms with Gasteiger partial charge in [-0.3, -0.25) is 14.6 Å². The van der Waals surface area contributed by atoms with Crippen molar-refractivity contribution in [1.82, 2.24) is 10.3 Å². The van der Waals surface area contributed by atoms with Crippen LogP contribution in [0.1, 0.15) is 44.1 Å². The molecule has 1 aromatic heterocycles. The van der Waals surface area contributed by atoms with Gasteiger partial charge in [0, 0.05) is 41.6 Å². The van der Waals surface area contributed by atoms with Gasteiger partial charge in [-0.05, 0) is 74.3 Å². The molecule has 31 heavy (non-hydrogen) atoms. The van der Waals surface area contributed by atoms with Crippen molar-refractivity contribution in [3.8, 4) is 0 Å². The van der Waals surface area contributed by atoms with E-state index in [1.165, 1.54) is 0 Å². The van der Waals surface area contributed by atoms with Crippen molar-refractivity contribution in [2.24, 2.45) is 17.6 Å². The summed E-state index contributed by atoms with van der Waals surface area (Å²) < 4.78 is 0. The maximum absolute atomic E-state index is 12.9. The molecule has 2 saturated carbocycles. The highest BCUT2D eigenvalue weighted by Gasteiger charge is 2.51. The van der Waals surface area contributed by atoms with Gasteiger partial charge in [0.05, 0.1) is 5.41 Å². The van der Waals surface area contributed by atoms with Crippen LogP contribution in [0.25, 0.3) is 0 Å². The molecule has 7 heteroatoms. The van der Waals surface area contributed by atoms with Gasteiger partial charge in [0.25, 0.3) is 0 Å². The van der Waals surface area contributed by atoms with Gasteiger partial charge in [0.15, 0.2) is 0 Å². The SMILES string of the molecule is N[C@H](CNC(=O)C1(c2ccc(Cl)cc2)CC1)C1CCC(C(=O)Nc2ccncc2)CC1. The number of rotatable bonds is 7. The molecule has 4 N–H and O–H groups in total. The maximum atomic E-state index is 12.9. The average molecular weight is 441 g/mol. The third-order valence-corrected chi connectivity index (χ3v) is 7.03. The number of hydrogen-bond acceptors (Lipinski definition) is 4. The van der Waals surface area contributed by atoms with Crippen LogP contribution < -0.4 is 16.4 Å². The van der Waals surface area contributed by atoms with E-state index in [1.54, 1.807) is 24.5 Å². The van der Waals surface area contributed by atoms with E-state index in [4.69, 9.17) is 17.3 Å². The first-order chi connectivity index (χ1) is 15.0. The number of nitrogens with one attached hydrogen (secondary N) is 2. The predicted octanol–water partition coefficient (Wildman–Crippen LogP) is 3.66. The Morgan fingerprint density at radius 1 is 1.06 bits per heavy atom. The summed E-state index contributed by atoms with van der Waals surface area (Å²) in [7, 11) is 0. The van der Waals surface area contributed by atoms with Crippen molar-refractivity contribution in [2.75, 3.05) is 11.9 Å². The van der Waals surface area contributed by atoms with Crippen molar-refractivity contribution in [2.45, 2.75) is 50.0 Å². The molecule has 1 atom stereocenters. The largest absolute Gasteiger partial charge is 0.354 e. The summed E-state index contributed by atoms with van der Waals surface area (Å²) in [5.74, 6) is 0.433. The summed E-state index contributed by atoms with van der Waals surface area (Å²) in [6, 6.07) is 11.0. The molecule has 0 aliphatic heterocycles. The first-order valence-corrected chi connectivity index (χ1v) is 11.4. The molecule has 164 valence electrons. The normalized spacial score (nSPS) is 22.9. The van der Waals surface area contributed by atoms with Gasteiger partial charge < -0.3 is 16.4 Å². The quantitative estimate of drug-likeness (QED) is 0.612.